The highest BCUT2D eigenvalue weighted by Crippen LogP contribution is 2.17. The van der Waals surface area contributed by atoms with E-state index in [1.54, 1.807) is 0 Å². The summed E-state index contributed by atoms with van der Waals surface area (Å²) in [5, 5.41) is 7.73. The van der Waals surface area contributed by atoms with Crippen LogP contribution in [0.25, 0.3) is 0 Å². The molecule has 138 valence electrons. The summed E-state index contributed by atoms with van der Waals surface area (Å²) in [6.07, 6.45) is 0. The highest BCUT2D eigenvalue weighted by molar-refractivity contribution is 5.14. The van der Waals surface area contributed by atoms with Crippen LogP contribution in [0.15, 0.2) is 34.9 Å². The van der Waals surface area contributed by atoms with Crippen LogP contribution in [0, 0.1) is 5.92 Å². The van der Waals surface area contributed by atoms with Gasteiger partial charge in [-0.1, -0.05) is 63.2 Å². The topological polar surface area (TPSA) is 54.2 Å². The smallest absolute Gasteiger partial charge is 0.243 e. The van der Waals surface area contributed by atoms with Crippen molar-refractivity contribution in [2.45, 2.75) is 59.2 Å². The minimum absolute atomic E-state index is 0.0394. The van der Waals surface area contributed by atoms with Crippen molar-refractivity contribution in [2.75, 3.05) is 13.6 Å². The molecule has 2 rings (SSSR count). The fourth-order valence-electron chi connectivity index (χ4n) is 2.80. The molecule has 0 fully saturated rings. The summed E-state index contributed by atoms with van der Waals surface area (Å²) in [4.78, 5) is 6.87. The lowest BCUT2D eigenvalue weighted by atomic mass is 10.0. The van der Waals surface area contributed by atoms with Crippen LogP contribution >= 0.6 is 0 Å². The van der Waals surface area contributed by atoms with Crippen molar-refractivity contribution in [3.63, 3.8) is 0 Å². The van der Waals surface area contributed by atoms with Gasteiger partial charge in [-0.25, -0.2) is 0 Å². The first-order chi connectivity index (χ1) is 11.9. The molecule has 5 heteroatoms. The van der Waals surface area contributed by atoms with Crippen molar-refractivity contribution in [1.29, 1.82) is 0 Å². The number of aromatic nitrogens is 2. The maximum Gasteiger partial charge on any atom is 0.243 e. The second kappa shape index (κ2) is 9.11. The monoisotopic (exact) mass is 344 g/mol. The van der Waals surface area contributed by atoms with E-state index in [0.29, 0.717) is 17.9 Å². The van der Waals surface area contributed by atoms with Crippen molar-refractivity contribution < 1.29 is 4.52 Å². The summed E-state index contributed by atoms with van der Waals surface area (Å²) in [6.45, 7) is 12.6. The number of hydrogen-bond donors (Lipinski definition) is 1. The Morgan fingerprint density at radius 1 is 1.08 bits per heavy atom. The maximum atomic E-state index is 5.43. The Balaban J connectivity index is 1.95. The Hall–Kier alpha value is -1.72. The number of nitrogens with one attached hydrogen (secondary N) is 1. The zero-order chi connectivity index (χ0) is 18.4. The largest absolute Gasteiger partial charge is 0.338 e. The first kappa shape index (κ1) is 19.6. The third-order valence-corrected chi connectivity index (χ3v) is 4.42. The van der Waals surface area contributed by atoms with Crippen LogP contribution in [0.2, 0.25) is 0 Å². The van der Waals surface area contributed by atoms with Gasteiger partial charge in [0.25, 0.3) is 0 Å². The molecule has 0 unspecified atom stereocenters. The normalized spacial score (nSPS) is 14.4. The molecule has 1 aromatic carbocycles. The van der Waals surface area contributed by atoms with Gasteiger partial charge < -0.3 is 14.7 Å². The van der Waals surface area contributed by atoms with Gasteiger partial charge in [0.2, 0.25) is 5.89 Å². The van der Waals surface area contributed by atoms with E-state index in [4.69, 9.17) is 4.52 Å². The standard InChI is InChI=1S/C20H32N4O/c1-14(2)18(13-24(6)12-17-10-8-7-9-11-17)21-16(5)20-22-19(15(3)4)23-25-20/h7-11,14-16,18,21H,12-13H2,1-6H3/t16-,18-/m1/s1. The summed E-state index contributed by atoms with van der Waals surface area (Å²) in [7, 11) is 2.16. The highest BCUT2D eigenvalue weighted by atomic mass is 16.5. The second-order valence-electron chi connectivity index (χ2n) is 7.57. The summed E-state index contributed by atoms with van der Waals surface area (Å²) < 4.78 is 5.43. The van der Waals surface area contributed by atoms with E-state index in [-0.39, 0.29) is 12.0 Å². The average Bonchev–Trinajstić information content (AvgIpc) is 3.05. The highest BCUT2D eigenvalue weighted by Gasteiger charge is 2.22. The van der Waals surface area contributed by atoms with Gasteiger partial charge in [-0.3, -0.25) is 0 Å². The Kier molecular flexibility index (Phi) is 7.14. The van der Waals surface area contributed by atoms with Crippen LogP contribution in [0.4, 0.5) is 0 Å². The number of nitrogens with zero attached hydrogens (tertiary/aromatic N) is 3. The van der Waals surface area contributed by atoms with Gasteiger partial charge >= 0.3 is 0 Å². The molecule has 5 nitrogen and oxygen atoms in total. The van der Waals surface area contributed by atoms with Gasteiger partial charge in [-0.05, 0) is 25.5 Å². The molecule has 0 amide bonds. The third-order valence-electron chi connectivity index (χ3n) is 4.42. The van der Waals surface area contributed by atoms with Gasteiger partial charge in [-0.15, -0.1) is 0 Å². The number of likely N-dealkylation sites (N-methyl/N-ethyl adjacent to an activating group) is 1. The van der Waals surface area contributed by atoms with Gasteiger partial charge in [-0.2, -0.15) is 4.98 Å². The lowest BCUT2D eigenvalue weighted by molar-refractivity contribution is 0.225. The van der Waals surface area contributed by atoms with Crippen molar-refractivity contribution >= 4 is 0 Å². The number of benzene rings is 1. The SMILES string of the molecule is CC(C)c1noc([C@@H](C)N[C@H](CN(C)Cc2ccccc2)C(C)C)n1. The quantitative estimate of drug-likeness (QED) is 0.745. The molecule has 2 atom stereocenters. The predicted octanol–water partition coefficient (Wildman–Crippen LogP) is 4.00. The average molecular weight is 345 g/mol. The van der Waals surface area contributed by atoms with Gasteiger partial charge in [0.15, 0.2) is 5.82 Å². The zero-order valence-electron chi connectivity index (χ0n) is 16.4. The van der Waals surface area contributed by atoms with Crippen molar-refractivity contribution in [1.82, 2.24) is 20.4 Å². The van der Waals surface area contributed by atoms with Crippen molar-refractivity contribution in [3.8, 4) is 0 Å². The Labute approximate surface area is 151 Å². The molecule has 0 radical (unpaired) electrons. The van der Waals surface area contributed by atoms with Crippen LogP contribution in [0.3, 0.4) is 0 Å². The van der Waals surface area contributed by atoms with E-state index >= 15 is 0 Å². The van der Waals surface area contributed by atoms with Crippen molar-refractivity contribution in [2.24, 2.45) is 5.92 Å². The second-order valence-corrected chi connectivity index (χ2v) is 7.57. The van der Waals surface area contributed by atoms with Crippen LogP contribution < -0.4 is 5.32 Å². The summed E-state index contributed by atoms with van der Waals surface area (Å²) >= 11 is 0. The minimum Gasteiger partial charge on any atom is -0.338 e. The molecule has 1 N–H and O–H groups in total. The fraction of sp³-hybridized carbons (Fsp3) is 0.600. The molecule has 0 spiro atoms. The minimum atomic E-state index is 0.0394. The van der Waals surface area contributed by atoms with Gasteiger partial charge in [0.1, 0.15) is 0 Å². The summed E-state index contributed by atoms with van der Waals surface area (Å²) in [6, 6.07) is 11.0. The molecule has 0 bridgehead atoms. The van der Waals surface area contributed by atoms with Crippen LogP contribution in [0.5, 0.6) is 0 Å². The molecule has 25 heavy (non-hydrogen) atoms. The summed E-state index contributed by atoms with van der Waals surface area (Å²) in [5.74, 6) is 2.22. The lowest BCUT2D eigenvalue weighted by Gasteiger charge is -2.29. The summed E-state index contributed by atoms with van der Waals surface area (Å²) in [5.41, 5.74) is 1.33. The first-order valence-electron chi connectivity index (χ1n) is 9.18. The van der Waals surface area contributed by atoms with Crippen molar-refractivity contribution in [3.05, 3.63) is 47.6 Å². The number of hydrogen-bond acceptors (Lipinski definition) is 5. The Morgan fingerprint density at radius 3 is 2.32 bits per heavy atom. The first-order valence-corrected chi connectivity index (χ1v) is 9.18. The zero-order valence-corrected chi connectivity index (χ0v) is 16.4. The van der Waals surface area contributed by atoms with Crippen LogP contribution in [0.1, 0.15) is 63.9 Å². The molecule has 0 saturated carbocycles. The molecular formula is C20H32N4O. The Bertz CT molecular complexity index is 624. The molecule has 0 aliphatic rings. The third kappa shape index (κ3) is 5.94. The maximum absolute atomic E-state index is 5.43. The van der Waals surface area contributed by atoms with E-state index < -0.39 is 0 Å². The van der Waals surface area contributed by atoms with E-state index in [9.17, 15) is 0 Å². The fourth-order valence-corrected chi connectivity index (χ4v) is 2.80. The molecule has 0 aliphatic carbocycles. The Morgan fingerprint density at radius 2 is 1.76 bits per heavy atom. The lowest BCUT2D eigenvalue weighted by Crippen LogP contribution is -2.44. The van der Waals surface area contributed by atoms with E-state index in [0.717, 1.165) is 18.9 Å². The van der Waals surface area contributed by atoms with Crippen LogP contribution in [-0.4, -0.2) is 34.7 Å². The molecular weight excluding hydrogens is 312 g/mol. The number of rotatable bonds is 9. The molecule has 2 aromatic rings. The molecule has 0 aliphatic heterocycles. The molecule has 1 aromatic heterocycles. The molecule has 0 saturated heterocycles. The predicted molar refractivity (Wildman–Crippen MR) is 101 cm³/mol. The molecule has 1 heterocycles. The van der Waals surface area contributed by atoms with E-state index in [2.05, 4.69) is 92.4 Å². The van der Waals surface area contributed by atoms with Crippen LogP contribution in [-0.2, 0) is 6.54 Å². The van der Waals surface area contributed by atoms with Gasteiger partial charge in [0, 0.05) is 25.0 Å². The van der Waals surface area contributed by atoms with Gasteiger partial charge in [0.05, 0.1) is 6.04 Å². The van der Waals surface area contributed by atoms with E-state index in [1.807, 2.05) is 0 Å². The van der Waals surface area contributed by atoms with E-state index in [1.165, 1.54) is 5.56 Å².